The minimum atomic E-state index is -0.00751. The van der Waals surface area contributed by atoms with Crippen LogP contribution < -0.4 is 10.2 Å². The van der Waals surface area contributed by atoms with Gasteiger partial charge in [0.1, 0.15) is 12.3 Å². The highest BCUT2D eigenvalue weighted by Gasteiger charge is 2.14. The zero-order valence-corrected chi connectivity index (χ0v) is 15.8. The molecule has 3 rings (SSSR count). The van der Waals surface area contributed by atoms with Gasteiger partial charge >= 0.3 is 0 Å². The molecule has 0 fully saturated rings. The number of rotatable bonds is 7. The molecule has 1 aromatic heterocycles. The van der Waals surface area contributed by atoms with E-state index in [4.69, 9.17) is 4.42 Å². The number of likely N-dealkylation sites (N-methyl/N-ethyl adjacent to an activating group) is 1. The maximum atomic E-state index is 12.5. The fourth-order valence-corrected chi connectivity index (χ4v) is 3.61. The largest absolute Gasteiger partial charge is 0.460 e. The van der Waals surface area contributed by atoms with Gasteiger partial charge in [-0.3, -0.25) is 4.79 Å². The highest BCUT2D eigenvalue weighted by Crippen LogP contribution is 2.32. The van der Waals surface area contributed by atoms with Crippen LogP contribution in [0, 0.1) is 6.92 Å². The Kier molecular flexibility index (Phi) is 6.15. The molecule has 1 heterocycles. The van der Waals surface area contributed by atoms with Gasteiger partial charge in [0.15, 0.2) is 12.3 Å². The summed E-state index contributed by atoms with van der Waals surface area (Å²) in [7, 11) is 1.99. The fraction of sp³-hybridized carbons (Fsp3) is 0.190. The molecule has 0 spiro atoms. The van der Waals surface area contributed by atoms with E-state index in [0.29, 0.717) is 13.1 Å². The lowest BCUT2D eigenvalue weighted by atomic mass is 10.3. The summed E-state index contributed by atoms with van der Waals surface area (Å²) < 4.78 is 5.58. The third-order valence-electron chi connectivity index (χ3n) is 3.87. The Balaban J connectivity index is 1.60. The van der Waals surface area contributed by atoms with Gasteiger partial charge in [-0.15, -0.1) is 0 Å². The van der Waals surface area contributed by atoms with Crippen LogP contribution in [0.5, 0.6) is 0 Å². The summed E-state index contributed by atoms with van der Waals surface area (Å²) in [5, 5.41) is 3.04. The number of anilines is 1. The number of amides is 1. The van der Waals surface area contributed by atoms with Crippen LogP contribution >= 0.6 is 11.8 Å². The van der Waals surface area contributed by atoms with Crippen molar-refractivity contribution < 1.29 is 14.1 Å². The van der Waals surface area contributed by atoms with Gasteiger partial charge in [-0.1, -0.05) is 42.1 Å². The molecule has 0 saturated carbocycles. The number of hydrogen-bond donors (Lipinski definition) is 2. The van der Waals surface area contributed by atoms with Crippen LogP contribution in [0.15, 0.2) is 80.9 Å². The second kappa shape index (κ2) is 8.74. The van der Waals surface area contributed by atoms with Crippen LogP contribution in [0.25, 0.3) is 0 Å². The Morgan fingerprint density at radius 1 is 1.04 bits per heavy atom. The smallest absolute Gasteiger partial charge is 0.279 e. The van der Waals surface area contributed by atoms with Crippen molar-refractivity contribution in [3.63, 3.8) is 0 Å². The van der Waals surface area contributed by atoms with E-state index in [0.717, 1.165) is 31.9 Å². The summed E-state index contributed by atoms with van der Waals surface area (Å²) in [6, 6.07) is 21.9. The lowest BCUT2D eigenvalue weighted by molar-refractivity contribution is -0.886. The third-order valence-corrected chi connectivity index (χ3v) is 4.95. The van der Waals surface area contributed by atoms with E-state index in [1.807, 2.05) is 68.6 Å². The van der Waals surface area contributed by atoms with Gasteiger partial charge in [0.25, 0.3) is 5.91 Å². The summed E-state index contributed by atoms with van der Waals surface area (Å²) in [6.45, 7) is 2.98. The number of carbonyl (C=O) groups excluding carboxylic acids is 1. The van der Waals surface area contributed by atoms with E-state index in [2.05, 4.69) is 17.4 Å². The molecular formula is C21H23N2O2S+. The van der Waals surface area contributed by atoms with E-state index < -0.39 is 0 Å². The van der Waals surface area contributed by atoms with Crippen LogP contribution in [-0.2, 0) is 11.3 Å². The van der Waals surface area contributed by atoms with Gasteiger partial charge in [0.2, 0.25) is 0 Å². The second-order valence-corrected chi connectivity index (χ2v) is 7.40. The molecule has 3 aromatic rings. The number of hydrogen-bond acceptors (Lipinski definition) is 3. The maximum absolute atomic E-state index is 12.5. The first-order valence-electron chi connectivity index (χ1n) is 8.58. The maximum Gasteiger partial charge on any atom is 0.279 e. The zero-order chi connectivity index (χ0) is 18.4. The van der Waals surface area contributed by atoms with Crippen molar-refractivity contribution >= 4 is 23.4 Å². The first-order chi connectivity index (χ1) is 12.6. The summed E-state index contributed by atoms with van der Waals surface area (Å²) in [5.74, 6) is 1.78. The average Bonchev–Trinajstić information content (AvgIpc) is 3.02. The zero-order valence-electron chi connectivity index (χ0n) is 15.0. The number of nitrogens with one attached hydrogen (secondary N) is 2. The van der Waals surface area contributed by atoms with Crippen LogP contribution in [-0.4, -0.2) is 19.5 Å². The first-order valence-corrected chi connectivity index (χ1v) is 9.40. The van der Waals surface area contributed by atoms with Crippen molar-refractivity contribution in [1.29, 1.82) is 0 Å². The van der Waals surface area contributed by atoms with Crippen LogP contribution in [0.3, 0.4) is 0 Å². The molecule has 4 nitrogen and oxygen atoms in total. The number of aryl methyl sites for hydroxylation is 1. The Labute approximate surface area is 158 Å². The minimum Gasteiger partial charge on any atom is -0.460 e. The molecule has 5 heteroatoms. The summed E-state index contributed by atoms with van der Waals surface area (Å²) >= 11 is 1.64. The van der Waals surface area contributed by atoms with Gasteiger partial charge in [-0.2, -0.15) is 0 Å². The molecule has 0 saturated heterocycles. The molecule has 0 bridgehead atoms. The Bertz CT molecular complexity index is 861. The molecule has 1 amide bonds. The van der Waals surface area contributed by atoms with Crippen molar-refractivity contribution in [3.8, 4) is 0 Å². The number of benzene rings is 2. The molecular weight excluding hydrogens is 344 g/mol. The number of furan rings is 1. The molecule has 1 atom stereocenters. The third kappa shape index (κ3) is 5.25. The predicted octanol–water partition coefficient (Wildman–Crippen LogP) is 3.39. The molecule has 2 aromatic carbocycles. The average molecular weight is 367 g/mol. The molecule has 0 aliphatic heterocycles. The van der Waals surface area contributed by atoms with Crippen molar-refractivity contribution in [2.24, 2.45) is 0 Å². The Morgan fingerprint density at radius 3 is 2.50 bits per heavy atom. The molecule has 1 unspecified atom stereocenters. The van der Waals surface area contributed by atoms with Crippen molar-refractivity contribution in [2.45, 2.75) is 23.3 Å². The standard InChI is InChI=1S/C21H22N2O2S/c1-16-12-13-17(25-16)14-23(2)15-21(24)22-19-10-6-7-11-20(19)26-18-8-4-3-5-9-18/h3-13H,14-15H2,1-2H3,(H,22,24)/p+1. The van der Waals surface area contributed by atoms with E-state index in [-0.39, 0.29) is 5.91 Å². The van der Waals surface area contributed by atoms with Gasteiger partial charge in [0, 0.05) is 9.79 Å². The van der Waals surface area contributed by atoms with E-state index in [1.54, 1.807) is 11.8 Å². The minimum absolute atomic E-state index is 0.00751. The van der Waals surface area contributed by atoms with E-state index in [1.165, 1.54) is 0 Å². The second-order valence-electron chi connectivity index (χ2n) is 6.28. The Hall–Kier alpha value is -2.50. The highest BCUT2D eigenvalue weighted by atomic mass is 32.2. The molecule has 134 valence electrons. The van der Waals surface area contributed by atoms with E-state index in [9.17, 15) is 4.79 Å². The molecule has 0 radical (unpaired) electrons. The Morgan fingerprint density at radius 2 is 1.77 bits per heavy atom. The summed E-state index contributed by atoms with van der Waals surface area (Å²) in [6.07, 6.45) is 0. The monoisotopic (exact) mass is 367 g/mol. The lowest BCUT2D eigenvalue weighted by Crippen LogP contribution is -3.08. The fourth-order valence-electron chi connectivity index (χ4n) is 2.68. The summed E-state index contributed by atoms with van der Waals surface area (Å²) in [4.78, 5) is 15.7. The van der Waals surface area contributed by atoms with Crippen LogP contribution in [0.4, 0.5) is 5.69 Å². The number of carbonyl (C=O) groups is 1. The van der Waals surface area contributed by atoms with Crippen LogP contribution in [0.2, 0.25) is 0 Å². The lowest BCUT2D eigenvalue weighted by Gasteiger charge is -2.14. The van der Waals surface area contributed by atoms with Crippen LogP contribution in [0.1, 0.15) is 11.5 Å². The highest BCUT2D eigenvalue weighted by molar-refractivity contribution is 7.99. The van der Waals surface area contributed by atoms with Crippen molar-refractivity contribution in [3.05, 3.63) is 78.3 Å². The number of quaternary nitrogens is 1. The normalized spacial score (nSPS) is 11.9. The van der Waals surface area contributed by atoms with Crippen molar-refractivity contribution in [2.75, 3.05) is 18.9 Å². The van der Waals surface area contributed by atoms with Gasteiger partial charge in [0.05, 0.1) is 12.7 Å². The quantitative estimate of drug-likeness (QED) is 0.673. The molecule has 26 heavy (non-hydrogen) atoms. The predicted molar refractivity (Wildman–Crippen MR) is 105 cm³/mol. The van der Waals surface area contributed by atoms with Gasteiger partial charge < -0.3 is 14.6 Å². The van der Waals surface area contributed by atoms with Gasteiger partial charge in [-0.05, 0) is 43.3 Å². The van der Waals surface area contributed by atoms with E-state index >= 15 is 0 Å². The number of para-hydroxylation sites is 1. The molecule has 0 aliphatic carbocycles. The summed E-state index contributed by atoms with van der Waals surface area (Å²) in [5.41, 5.74) is 0.841. The van der Waals surface area contributed by atoms with Crippen molar-refractivity contribution in [1.82, 2.24) is 0 Å². The van der Waals surface area contributed by atoms with Gasteiger partial charge in [-0.25, -0.2) is 0 Å². The molecule has 2 N–H and O–H groups in total. The molecule has 0 aliphatic rings. The first kappa shape index (κ1) is 18.3. The topological polar surface area (TPSA) is 46.7 Å². The SMILES string of the molecule is Cc1ccc(C[NH+](C)CC(=O)Nc2ccccc2Sc2ccccc2)o1.